The van der Waals surface area contributed by atoms with Crippen LogP contribution in [0.25, 0.3) is 0 Å². The molecule has 0 aromatic carbocycles. The maximum Gasteiger partial charge on any atom is 0.306 e. The Bertz CT molecular complexity index is 945. The van der Waals surface area contributed by atoms with Gasteiger partial charge in [0.2, 0.25) is 0 Å². The van der Waals surface area contributed by atoms with E-state index in [9.17, 15) is 14.4 Å². The van der Waals surface area contributed by atoms with E-state index in [0.717, 1.165) is 75.5 Å². The van der Waals surface area contributed by atoms with Crippen LogP contribution in [-0.4, -0.2) is 37.2 Å². The Morgan fingerprint density at radius 2 is 0.475 bits per heavy atom. The first-order valence-corrected chi connectivity index (χ1v) is 27.1. The number of carbonyl (C=O) groups excluding carboxylic acids is 3. The first-order valence-electron chi connectivity index (χ1n) is 27.1. The Morgan fingerprint density at radius 1 is 0.279 bits per heavy atom. The lowest BCUT2D eigenvalue weighted by molar-refractivity contribution is -0.167. The summed E-state index contributed by atoms with van der Waals surface area (Å²) in [6.45, 7) is 13.7. The number of carbonyl (C=O) groups is 3. The Morgan fingerprint density at radius 3 is 0.705 bits per heavy atom. The van der Waals surface area contributed by atoms with E-state index < -0.39 is 6.10 Å². The highest BCUT2D eigenvalue weighted by atomic mass is 16.6. The van der Waals surface area contributed by atoms with Crippen LogP contribution in [-0.2, 0) is 28.6 Å². The fourth-order valence-corrected chi connectivity index (χ4v) is 8.29. The average Bonchev–Trinajstić information content (AvgIpc) is 3.22. The third-order valence-corrected chi connectivity index (χ3v) is 12.4. The predicted octanol–water partition coefficient (Wildman–Crippen LogP) is 17.6. The van der Waals surface area contributed by atoms with Gasteiger partial charge >= 0.3 is 17.9 Å². The van der Waals surface area contributed by atoms with Gasteiger partial charge in [-0.15, -0.1) is 0 Å². The van der Waals surface area contributed by atoms with Crippen molar-refractivity contribution in [1.82, 2.24) is 0 Å². The van der Waals surface area contributed by atoms with Gasteiger partial charge in [0.05, 0.1) is 0 Å². The monoisotopic (exact) mass is 863 g/mol. The van der Waals surface area contributed by atoms with E-state index in [2.05, 4.69) is 41.5 Å². The third-order valence-electron chi connectivity index (χ3n) is 12.4. The number of esters is 3. The zero-order chi connectivity index (χ0) is 44.9. The molecule has 0 unspecified atom stereocenters. The van der Waals surface area contributed by atoms with Gasteiger partial charge in [0.1, 0.15) is 13.2 Å². The molecule has 0 aromatic heterocycles. The number of hydrogen-bond donors (Lipinski definition) is 0. The summed E-state index contributed by atoms with van der Waals surface area (Å²) in [7, 11) is 0. The minimum atomic E-state index is -0.763. The smallest absolute Gasteiger partial charge is 0.306 e. The lowest BCUT2D eigenvalue weighted by Gasteiger charge is -2.18. The predicted molar refractivity (Wildman–Crippen MR) is 261 cm³/mol. The van der Waals surface area contributed by atoms with Crippen LogP contribution in [0.1, 0.15) is 298 Å². The summed E-state index contributed by atoms with van der Waals surface area (Å²) in [5.41, 5.74) is 0. The first-order chi connectivity index (χ1) is 29.6. The van der Waals surface area contributed by atoms with Gasteiger partial charge in [-0.3, -0.25) is 14.4 Å². The van der Waals surface area contributed by atoms with Gasteiger partial charge in [-0.1, -0.05) is 260 Å². The Balaban J connectivity index is 4.32. The number of hydrogen-bond acceptors (Lipinski definition) is 6. The van der Waals surface area contributed by atoms with E-state index in [-0.39, 0.29) is 31.1 Å². The first kappa shape index (κ1) is 59.4. The molecule has 1 atom stereocenters. The zero-order valence-corrected chi connectivity index (χ0v) is 42.0. The van der Waals surface area contributed by atoms with Gasteiger partial charge in [0.25, 0.3) is 0 Å². The average molecular weight is 863 g/mol. The van der Waals surface area contributed by atoms with Gasteiger partial charge in [-0.05, 0) is 37.0 Å². The second-order valence-electron chi connectivity index (χ2n) is 20.3. The third kappa shape index (κ3) is 49.3. The van der Waals surface area contributed by atoms with Gasteiger partial charge in [0, 0.05) is 19.3 Å². The van der Waals surface area contributed by atoms with Crippen LogP contribution in [0.2, 0.25) is 0 Å². The molecule has 0 heterocycles. The molecule has 61 heavy (non-hydrogen) atoms. The summed E-state index contributed by atoms with van der Waals surface area (Å²) < 4.78 is 16.8. The molecule has 0 aliphatic carbocycles. The highest BCUT2D eigenvalue weighted by Gasteiger charge is 2.19. The molecule has 0 aromatic rings. The van der Waals surface area contributed by atoms with Crippen LogP contribution in [0.4, 0.5) is 0 Å². The molecular weight excluding hydrogens is 757 g/mol. The van der Waals surface area contributed by atoms with Crippen LogP contribution < -0.4 is 0 Å². The molecule has 6 heteroatoms. The van der Waals surface area contributed by atoms with Crippen molar-refractivity contribution >= 4 is 17.9 Å². The maximum atomic E-state index is 12.8. The second kappa shape index (κ2) is 46.4. The second-order valence-corrected chi connectivity index (χ2v) is 20.3. The summed E-state index contributed by atoms with van der Waals surface area (Å²) in [5, 5.41) is 0. The molecule has 0 saturated heterocycles. The highest BCUT2D eigenvalue weighted by Crippen LogP contribution is 2.18. The van der Waals surface area contributed by atoms with E-state index >= 15 is 0 Å². The van der Waals surface area contributed by atoms with Crippen LogP contribution >= 0.6 is 0 Å². The minimum Gasteiger partial charge on any atom is -0.462 e. The summed E-state index contributed by atoms with van der Waals surface area (Å²) in [6.07, 6.45) is 46.6. The highest BCUT2D eigenvalue weighted by molar-refractivity contribution is 5.71. The van der Waals surface area contributed by atoms with Crippen LogP contribution in [0.15, 0.2) is 0 Å². The molecule has 0 bridgehead atoms. The van der Waals surface area contributed by atoms with E-state index in [1.165, 1.54) is 180 Å². The van der Waals surface area contributed by atoms with Crippen LogP contribution in [0.5, 0.6) is 0 Å². The molecule has 0 aliphatic heterocycles. The SMILES string of the molecule is CC(C)CCCCCCCCCCCCCCC(=O)OC[C@@H](COC(=O)CCCCCCCCCCCCC(C)C)OC(=O)CCCCCCCCCCCCCCC(C)C. The fourth-order valence-electron chi connectivity index (χ4n) is 8.29. The van der Waals surface area contributed by atoms with Crippen molar-refractivity contribution in [3.8, 4) is 0 Å². The standard InChI is InChI=1S/C55H106O6/c1-49(2)41-35-29-23-17-11-7-9-13-20-26-32-38-44-53(56)59-47-52(48-60-54(57)45-39-33-27-21-16-15-19-25-31-37-43-51(5)6)61-55(58)46-40-34-28-22-14-10-8-12-18-24-30-36-42-50(3)4/h49-52H,7-48H2,1-6H3/t52-/m0/s1. The summed E-state index contributed by atoms with van der Waals surface area (Å²) in [4.78, 5) is 38.0. The van der Waals surface area contributed by atoms with Gasteiger partial charge in [-0.2, -0.15) is 0 Å². The van der Waals surface area contributed by atoms with Crippen LogP contribution in [0.3, 0.4) is 0 Å². The Labute approximate surface area is 380 Å². The Hall–Kier alpha value is -1.59. The molecule has 0 rings (SSSR count). The molecule has 0 saturated carbocycles. The summed E-state index contributed by atoms with van der Waals surface area (Å²) >= 11 is 0. The van der Waals surface area contributed by atoms with Crippen molar-refractivity contribution in [3.63, 3.8) is 0 Å². The zero-order valence-electron chi connectivity index (χ0n) is 42.0. The topological polar surface area (TPSA) is 78.9 Å². The summed E-state index contributed by atoms with van der Waals surface area (Å²) in [6, 6.07) is 0. The molecule has 362 valence electrons. The number of ether oxygens (including phenoxy) is 3. The van der Waals surface area contributed by atoms with E-state index in [1.807, 2.05) is 0 Å². The van der Waals surface area contributed by atoms with Crippen LogP contribution in [0, 0.1) is 17.8 Å². The van der Waals surface area contributed by atoms with Gasteiger partial charge < -0.3 is 14.2 Å². The normalized spacial score (nSPS) is 12.1. The van der Waals surface area contributed by atoms with Crippen molar-refractivity contribution in [2.45, 2.75) is 304 Å². The van der Waals surface area contributed by atoms with Crippen molar-refractivity contribution in [2.24, 2.45) is 17.8 Å². The molecular formula is C55H106O6. The summed E-state index contributed by atoms with van der Waals surface area (Å²) in [5.74, 6) is 1.64. The van der Waals surface area contributed by atoms with Gasteiger partial charge in [-0.25, -0.2) is 0 Å². The van der Waals surface area contributed by atoms with Crippen molar-refractivity contribution in [3.05, 3.63) is 0 Å². The van der Waals surface area contributed by atoms with Crippen molar-refractivity contribution in [2.75, 3.05) is 13.2 Å². The van der Waals surface area contributed by atoms with E-state index in [4.69, 9.17) is 14.2 Å². The molecule has 6 nitrogen and oxygen atoms in total. The van der Waals surface area contributed by atoms with Crippen molar-refractivity contribution in [1.29, 1.82) is 0 Å². The quantitative estimate of drug-likeness (QED) is 0.0344. The molecule has 0 N–H and O–H groups in total. The van der Waals surface area contributed by atoms with Crippen molar-refractivity contribution < 1.29 is 28.6 Å². The lowest BCUT2D eigenvalue weighted by atomic mass is 10.0. The van der Waals surface area contributed by atoms with E-state index in [0.29, 0.717) is 19.3 Å². The fraction of sp³-hybridized carbons (Fsp3) is 0.945. The molecule has 0 radical (unpaired) electrons. The number of rotatable bonds is 48. The number of unbranched alkanes of at least 4 members (excludes halogenated alkanes) is 31. The molecule has 0 fully saturated rings. The molecule has 0 amide bonds. The largest absolute Gasteiger partial charge is 0.462 e. The Kier molecular flexibility index (Phi) is 45.2. The lowest BCUT2D eigenvalue weighted by Crippen LogP contribution is -2.30. The minimum absolute atomic E-state index is 0.0642. The van der Waals surface area contributed by atoms with E-state index in [1.54, 1.807) is 0 Å². The maximum absolute atomic E-state index is 12.8. The molecule has 0 aliphatic rings. The molecule has 0 spiro atoms. The van der Waals surface area contributed by atoms with Gasteiger partial charge in [0.15, 0.2) is 6.10 Å².